The molecule has 0 spiro atoms. The Kier molecular flexibility index (Phi) is 6.44. The van der Waals surface area contributed by atoms with E-state index in [0.717, 1.165) is 12.8 Å². The molecule has 138 valence electrons. The highest BCUT2D eigenvalue weighted by Crippen LogP contribution is 2.17. The molecule has 3 N–H and O–H groups in total. The van der Waals surface area contributed by atoms with Crippen LogP contribution in [0, 0.1) is 11.8 Å². The number of carboxylic acids is 1. The summed E-state index contributed by atoms with van der Waals surface area (Å²) < 4.78 is 5.11. The first-order chi connectivity index (χ1) is 11.9. The summed E-state index contributed by atoms with van der Waals surface area (Å²) in [5.74, 6) is -0.977. The second-order valence-electron chi connectivity index (χ2n) is 6.65. The summed E-state index contributed by atoms with van der Waals surface area (Å²) in [6, 6.07) is 2.74. The van der Waals surface area contributed by atoms with E-state index in [9.17, 15) is 14.4 Å². The van der Waals surface area contributed by atoms with Crippen molar-refractivity contribution in [2.45, 2.75) is 33.2 Å². The summed E-state index contributed by atoms with van der Waals surface area (Å²) in [7, 11) is 0. The van der Waals surface area contributed by atoms with Crippen LogP contribution in [0.5, 0.6) is 0 Å². The van der Waals surface area contributed by atoms with Crippen LogP contribution in [0.3, 0.4) is 0 Å². The minimum atomic E-state index is -1.15. The maximum absolute atomic E-state index is 12.3. The van der Waals surface area contributed by atoms with Gasteiger partial charge in [-0.15, -0.1) is 0 Å². The van der Waals surface area contributed by atoms with Gasteiger partial charge in [-0.3, -0.25) is 4.79 Å². The highest BCUT2D eigenvalue weighted by molar-refractivity contribution is 5.84. The lowest BCUT2D eigenvalue weighted by molar-refractivity contribution is -0.126. The molecule has 25 heavy (non-hydrogen) atoms. The molecule has 1 aromatic rings. The van der Waals surface area contributed by atoms with E-state index in [2.05, 4.69) is 10.6 Å². The van der Waals surface area contributed by atoms with Gasteiger partial charge in [0.15, 0.2) is 0 Å². The van der Waals surface area contributed by atoms with Crippen LogP contribution in [-0.4, -0.2) is 47.5 Å². The maximum atomic E-state index is 12.3. The lowest BCUT2D eigenvalue weighted by Crippen LogP contribution is -2.49. The molecule has 1 saturated heterocycles. The Hall–Kier alpha value is -2.51. The zero-order valence-corrected chi connectivity index (χ0v) is 14.6. The number of carboxylic acid groups (broad SMARTS) is 1. The first-order valence-electron chi connectivity index (χ1n) is 8.49. The fourth-order valence-electron chi connectivity index (χ4n) is 2.69. The fourth-order valence-corrected chi connectivity index (χ4v) is 2.69. The number of urea groups is 1. The van der Waals surface area contributed by atoms with Crippen molar-refractivity contribution in [3.05, 3.63) is 23.7 Å². The van der Waals surface area contributed by atoms with Gasteiger partial charge in [0, 0.05) is 19.6 Å². The van der Waals surface area contributed by atoms with Crippen LogP contribution < -0.4 is 10.6 Å². The predicted octanol–water partition coefficient (Wildman–Crippen LogP) is 1.67. The zero-order valence-electron chi connectivity index (χ0n) is 14.6. The third-order valence-electron chi connectivity index (χ3n) is 4.05. The van der Waals surface area contributed by atoms with Gasteiger partial charge in [0.05, 0.1) is 12.5 Å². The molecule has 0 aromatic carbocycles. The first kappa shape index (κ1) is 18.8. The largest absolute Gasteiger partial charge is 0.475 e. The van der Waals surface area contributed by atoms with Gasteiger partial charge in [-0.25, -0.2) is 9.59 Å². The Morgan fingerprint density at radius 1 is 1.32 bits per heavy atom. The minimum absolute atomic E-state index is 0.127. The molecular formula is C17H25N3O5. The molecule has 8 heteroatoms. The summed E-state index contributed by atoms with van der Waals surface area (Å²) in [5.41, 5.74) is 0. The molecule has 8 nitrogen and oxygen atoms in total. The first-order valence-corrected chi connectivity index (χ1v) is 8.49. The molecule has 0 aliphatic carbocycles. The van der Waals surface area contributed by atoms with Gasteiger partial charge < -0.3 is 25.1 Å². The number of carbonyl (C=O) groups excluding carboxylic acids is 2. The van der Waals surface area contributed by atoms with E-state index in [1.807, 2.05) is 13.8 Å². The normalized spacial score (nSPS) is 17.4. The summed E-state index contributed by atoms with van der Waals surface area (Å²) in [6.07, 6.45) is 1.50. The fraction of sp³-hybridized carbons (Fsp3) is 0.588. The zero-order chi connectivity index (χ0) is 18.4. The number of nitrogens with zero attached hydrogens (tertiary/aromatic N) is 1. The number of aromatic carboxylic acids is 1. The number of amides is 3. The molecule has 0 radical (unpaired) electrons. The molecule has 2 heterocycles. The monoisotopic (exact) mass is 351 g/mol. The Bertz CT molecular complexity index is 626. The smallest absolute Gasteiger partial charge is 0.371 e. The van der Waals surface area contributed by atoms with Crippen LogP contribution in [0.2, 0.25) is 0 Å². The second kappa shape index (κ2) is 8.55. The lowest BCUT2D eigenvalue weighted by Gasteiger charge is -2.32. The number of hydrogen-bond acceptors (Lipinski definition) is 4. The van der Waals surface area contributed by atoms with E-state index < -0.39 is 5.97 Å². The van der Waals surface area contributed by atoms with E-state index in [0.29, 0.717) is 31.3 Å². The lowest BCUT2D eigenvalue weighted by atomic mass is 9.97. The van der Waals surface area contributed by atoms with Crippen LogP contribution in [0.1, 0.15) is 43.0 Å². The van der Waals surface area contributed by atoms with Gasteiger partial charge in [-0.05, 0) is 30.9 Å². The quantitative estimate of drug-likeness (QED) is 0.722. The summed E-state index contributed by atoms with van der Waals surface area (Å²) >= 11 is 0. The molecule has 1 aliphatic heterocycles. The molecule has 1 aliphatic rings. The predicted molar refractivity (Wildman–Crippen MR) is 90.0 cm³/mol. The van der Waals surface area contributed by atoms with Gasteiger partial charge in [0.2, 0.25) is 11.7 Å². The summed E-state index contributed by atoms with van der Waals surface area (Å²) in [4.78, 5) is 36.9. The van der Waals surface area contributed by atoms with Gasteiger partial charge in [-0.1, -0.05) is 13.8 Å². The van der Waals surface area contributed by atoms with Crippen molar-refractivity contribution in [2.75, 3.05) is 19.6 Å². The average Bonchev–Trinajstić information content (AvgIpc) is 3.07. The van der Waals surface area contributed by atoms with E-state index in [4.69, 9.17) is 9.52 Å². The summed E-state index contributed by atoms with van der Waals surface area (Å²) in [5, 5.41) is 14.4. The molecule has 2 rings (SSSR count). The van der Waals surface area contributed by atoms with Gasteiger partial charge >= 0.3 is 12.0 Å². The van der Waals surface area contributed by atoms with E-state index in [-0.39, 0.29) is 30.2 Å². The Labute approximate surface area is 146 Å². The molecule has 1 fully saturated rings. The number of hydrogen-bond donors (Lipinski definition) is 3. The molecule has 3 amide bonds. The van der Waals surface area contributed by atoms with Crippen LogP contribution in [0.15, 0.2) is 16.5 Å². The van der Waals surface area contributed by atoms with Gasteiger partial charge in [-0.2, -0.15) is 0 Å². The topological polar surface area (TPSA) is 112 Å². The van der Waals surface area contributed by atoms with E-state index in [1.165, 1.54) is 12.1 Å². The molecule has 0 saturated carbocycles. The number of piperidine rings is 1. The third-order valence-corrected chi connectivity index (χ3v) is 4.05. The van der Waals surface area contributed by atoms with Crippen molar-refractivity contribution in [3.63, 3.8) is 0 Å². The third kappa shape index (κ3) is 5.51. The number of carbonyl (C=O) groups is 3. The molecule has 1 aromatic heterocycles. The van der Waals surface area contributed by atoms with Gasteiger partial charge in [0.25, 0.3) is 0 Å². The average molecular weight is 351 g/mol. The van der Waals surface area contributed by atoms with Gasteiger partial charge in [0.1, 0.15) is 5.76 Å². The van der Waals surface area contributed by atoms with Crippen LogP contribution in [-0.2, 0) is 11.3 Å². The SMILES string of the molecule is CC(C)CNC(=O)N1CCCC(C(=O)NCc2ccc(C(=O)O)o2)C1. The van der Waals surface area contributed by atoms with E-state index in [1.54, 1.807) is 4.90 Å². The Morgan fingerprint density at radius 2 is 2.08 bits per heavy atom. The van der Waals surface area contributed by atoms with Crippen molar-refractivity contribution in [3.8, 4) is 0 Å². The second-order valence-corrected chi connectivity index (χ2v) is 6.65. The van der Waals surface area contributed by atoms with Crippen molar-refractivity contribution in [1.29, 1.82) is 0 Å². The number of likely N-dealkylation sites (tertiary alicyclic amines) is 1. The molecule has 0 bridgehead atoms. The van der Waals surface area contributed by atoms with E-state index >= 15 is 0 Å². The molecule has 1 unspecified atom stereocenters. The molecule has 1 atom stereocenters. The minimum Gasteiger partial charge on any atom is -0.475 e. The van der Waals surface area contributed by atoms with Crippen molar-refractivity contribution in [1.82, 2.24) is 15.5 Å². The standard InChI is InChI=1S/C17H25N3O5/c1-11(2)8-19-17(24)20-7-3-4-12(10-20)15(21)18-9-13-5-6-14(25-13)16(22)23/h5-6,11-12H,3-4,7-10H2,1-2H3,(H,18,21)(H,19,24)(H,22,23). The van der Waals surface area contributed by atoms with Crippen molar-refractivity contribution >= 4 is 17.9 Å². The van der Waals surface area contributed by atoms with Crippen molar-refractivity contribution < 1.29 is 23.9 Å². The summed E-state index contributed by atoms with van der Waals surface area (Å²) in [6.45, 7) is 5.81. The number of furan rings is 1. The van der Waals surface area contributed by atoms with Crippen molar-refractivity contribution in [2.24, 2.45) is 11.8 Å². The van der Waals surface area contributed by atoms with Crippen LogP contribution in [0.25, 0.3) is 0 Å². The Balaban J connectivity index is 1.82. The Morgan fingerprint density at radius 3 is 2.72 bits per heavy atom. The highest BCUT2D eigenvalue weighted by Gasteiger charge is 2.28. The highest BCUT2D eigenvalue weighted by atomic mass is 16.4. The van der Waals surface area contributed by atoms with Crippen LogP contribution in [0.4, 0.5) is 4.79 Å². The number of rotatable bonds is 6. The van der Waals surface area contributed by atoms with Crippen LogP contribution >= 0.6 is 0 Å². The molecular weight excluding hydrogens is 326 g/mol. The maximum Gasteiger partial charge on any atom is 0.371 e. The number of nitrogens with one attached hydrogen (secondary N) is 2.